The van der Waals surface area contributed by atoms with Crippen LogP contribution in [0.25, 0.3) is 0 Å². The third-order valence-corrected chi connectivity index (χ3v) is 1.49. The number of aldehydes is 3. The first-order valence-electron chi connectivity index (χ1n) is 5.58. The minimum Gasteiger partial charge on any atom is -0.542 e. The predicted molar refractivity (Wildman–Crippen MR) is 62.1 cm³/mol. The third kappa shape index (κ3) is 24.4. The van der Waals surface area contributed by atoms with Crippen LogP contribution in [-0.4, -0.2) is 54.1 Å². The van der Waals surface area contributed by atoms with Crippen molar-refractivity contribution in [1.29, 1.82) is 0 Å². The Morgan fingerprint density at radius 3 is 0.720 bits per heavy atom. The topological polar surface area (TPSA) is 223 Å². The zero-order valence-electron chi connectivity index (χ0n) is 12.1. The van der Waals surface area contributed by atoms with Gasteiger partial charge in [-0.05, 0) is 0 Å². The maximum atomic E-state index is 9.85. The van der Waals surface area contributed by atoms with Crippen molar-refractivity contribution >= 4 is 54.1 Å². The largest absolute Gasteiger partial charge is 3.00 e. The van der Waals surface area contributed by atoms with Crippen LogP contribution < -0.4 is 15.3 Å². The summed E-state index contributed by atoms with van der Waals surface area (Å²) in [4.78, 5) is 86.2. The van der Waals surface area contributed by atoms with Gasteiger partial charge in [0, 0.05) is 0 Å². The molecule has 0 saturated heterocycles. The summed E-state index contributed by atoms with van der Waals surface area (Å²) in [6.45, 7) is 0. The summed E-state index contributed by atoms with van der Waals surface area (Å²) in [6.07, 6.45) is -1.12. The van der Waals surface area contributed by atoms with Gasteiger partial charge in [0.25, 0.3) is 0 Å². The SMILES string of the molecule is O=CCC(=O)C(=O)[O-].O=CCC(=O)C(=O)[O-].O=CCC(=O)C(=O)[O-].[Eu+3]. The molecule has 0 aliphatic rings. The molecule has 12 nitrogen and oxygen atoms in total. The van der Waals surface area contributed by atoms with E-state index in [1.807, 2.05) is 0 Å². The van der Waals surface area contributed by atoms with Gasteiger partial charge in [-0.3, -0.25) is 14.4 Å². The van der Waals surface area contributed by atoms with Crippen molar-refractivity contribution in [2.24, 2.45) is 0 Å². The van der Waals surface area contributed by atoms with Crippen molar-refractivity contribution in [3.8, 4) is 0 Å². The van der Waals surface area contributed by atoms with E-state index in [4.69, 9.17) is 0 Å². The normalized spacial score (nSPS) is 7.68. The Balaban J connectivity index is -0.000000130. The summed E-state index contributed by atoms with van der Waals surface area (Å²) in [5.41, 5.74) is 0. The van der Waals surface area contributed by atoms with Gasteiger partial charge < -0.3 is 44.1 Å². The Hall–Kier alpha value is -1.99. The number of carboxylic acids is 3. The Morgan fingerprint density at radius 1 is 0.520 bits per heavy atom. The van der Waals surface area contributed by atoms with E-state index in [9.17, 15) is 58.5 Å². The van der Waals surface area contributed by atoms with Gasteiger partial charge in [-0.15, -0.1) is 0 Å². The van der Waals surface area contributed by atoms with E-state index in [2.05, 4.69) is 0 Å². The summed E-state index contributed by atoms with van der Waals surface area (Å²) in [5.74, 6) is -8.97. The van der Waals surface area contributed by atoms with Gasteiger partial charge in [0.05, 0.1) is 19.3 Å². The molecule has 136 valence electrons. The second-order valence-electron chi connectivity index (χ2n) is 3.24. The Labute approximate surface area is 180 Å². The Kier molecular flexibility index (Phi) is 24.8. The molecule has 0 rings (SSSR count). The number of carboxylic acid groups (broad SMARTS) is 3. The van der Waals surface area contributed by atoms with Gasteiger partial charge in [0.15, 0.2) is 17.3 Å². The van der Waals surface area contributed by atoms with Crippen LogP contribution in [0.15, 0.2) is 0 Å². The molecule has 25 heavy (non-hydrogen) atoms. The van der Waals surface area contributed by atoms with E-state index in [1.165, 1.54) is 0 Å². The predicted octanol–water partition coefficient (Wildman–Crippen LogP) is -6.32. The van der Waals surface area contributed by atoms with E-state index in [-0.39, 0.29) is 68.2 Å². The molecule has 0 saturated carbocycles. The van der Waals surface area contributed by atoms with Crippen LogP contribution in [0.3, 0.4) is 0 Å². The first-order valence-corrected chi connectivity index (χ1v) is 5.58. The van der Waals surface area contributed by atoms with Crippen LogP contribution in [0.4, 0.5) is 0 Å². The maximum Gasteiger partial charge on any atom is 3.00 e. The zero-order valence-corrected chi connectivity index (χ0v) is 14.6. The van der Waals surface area contributed by atoms with Crippen molar-refractivity contribution < 1.29 is 108 Å². The molecule has 0 unspecified atom stereocenters. The molecule has 0 spiro atoms. The van der Waals surface area contributed by atoms with Crippen LogP contribution in [0.5, 0.6) is 0 Å². The van der Waals surface area contributed by atoms with E-state index in [0.717, 1.165) is 0 Å². The molecule has 0 amide bonds. The average molecular weight is 497 g/mol. The molecule has 0 heterocycles. The molecular formula is C12H9EuO12. The molecule has 0 bridgehead atoms. The number of rotatable bonds is 9. The minimum absolute atomic E-state index is 0. The Bertz CT molecular complexity index is 460. The zero-order chi connectivity index (χ0) is 19.7. The third-order valence-electron chi connectivity index (χ3n) is 1.49. The molecule has 0 aliphatic carbocycles. The van der Waals surface area contributed by atoms with Crippen LogP contribution in [0.2, 0.25) is 0 Å². The molecule has 0 N–H and O–H groups in total. The monoisotopic (exact) mass is 498 g/mol. The van der Waals surface area contributed by atoms with E-state index >= 15 is 0 Å². The van der Waals surface area contributed by atoms with E-state index in [0.29, 0.717) is 0 Å². The van der Waals surface area contributed by atoms with Crippen LogP contribution >= 0.6 is 0 Å². The minimum atomic E-state index is -1.81. The number of carbonyl (C=O) groups excluding carboxylic acids is 9. The molecule has 0 fully saturated rings. The molecule has 0 aromatic carbocycles. The number of aliphatic carboxylic acids is 3. The fraction of sp³-hybridized carbons (Fsp3) is 0.250. The quantitative estimate of drug-likeness (QED) is 0.165. The number of hydrogen-bond acceptors (Lipinski definition) is 12. The van der Waals surface area contributed by atoms with Gasteiger partial charge in [-0.2, -0.15) is 0 Å². The van der Waals surface area contributed by atoms with Crippen LogP contribution in [0, 0.1) is 49.4 Å². The van der Waals surface area contributed by atoms with Crippen molar-refractivity contribution in [1.82, 2.24) is 0 Å². The first kappa shape index (κ1) is 30.8. The maximum absolute atomic E-state index is 9.85. The summed E-state index contributed by atoms with van der Waals surface area (Å²) in [6, 6.07) is 0. The van der Waals surface area contributed by atoms with Gasteiger partial charge >= 0.3 is 49.4 Å². The molecule has 0 aliphatic heterocycles. The van der Waals surface area contributed by atoms with Gasteiger partial charge in [0.1, 0.15) is 36.8 Å². The first-order chi connectivity index (χ1) is 11.0. The number of carbonyl (C=O) groups is 9. The number of hydrogen-bond donors (Lipinski definition) is 0. The fourth-order valence-electron chi connectivity index (χ4n) is 0.477. The molecule has 13 heteroatoms. The smallest absolute Gasteiger partial charge is 0.542 e. The van der Waals surface area contributed by atoms with Crippen LogP contribution in [-0.2, 0) is 43.2 Å². The van der Waals surface area contributed by atoms with Crippen molar-refractivity contribution in [2.45, 2.75) is 19.3 Å². The second kappa shape index (κ2) is 20.1. The van der Waals surface area contributed by atoms with Gasteiger partial charge in [-0.25, -0.2) is 0 Å². The molecule has 0 radical (unpaired) electrons. The molecular weight excluding hydrogens is 488 g/mol. The van der Waals surface area contributed by atoms with Crippen LogP contribution in [0.1, 0.15) is 19.3 Å². The molecule has 0 atom stereocenters. The molecule has 0 aromatic heterocycles. The van der Waals surface area contributed by atoms with E-state index < -0.39 is 54.5 Å². The standard InChI is InChI=1S/3C4H4O4.Eu/c3*5-2-1-3(6)4(7)8;/h3*2H,1H2,(H,7,8);/q;;;+3/p-3. The van der Waals surface area contributed by atoms with Crippen molar-refractivity contribution in [3.63, 3.8) is 0 Å². The van der Waals surface area contributed by atoms with Crippen molar-refractivity contribution in [3.05, 3.63) is 0 Å². The average Bonchev–Trinajstić information content (AvgIpc) is 2.49. The molecule has 0 aromatic rings. The Morgan fingerprint density at radius 2 is 0.680 bits per heavy atom. The van der Waals surface area contributed by atoms with Gasteiger partial charge in [0.2, 0.25) is 0 Å². The number of ketones is 3. The summed E-state index contributed by atoms with van der Waals surface area (Å²) >= 11 is 0. The number of Topliss-reactive ketones (excluding diaryl/α,β-unsaturated/α-hetero) is 3. The summed E-state index contributed by atoms with van der Waals surface area (Å²) in [7, 11) is 0. The summed E-state index contributed by atoms with van der Waals surface area (Å²) < 4.78 is 0. The van der Waals surface area contributed by atoms with Crippen molar-refractivity contribution in [2.75, 3.05) is 0 Å². The second-order valence-corrected chi connectivity index (χ2v) is 3.24. The fourth-order valence-corrected chi connectivity index (χ4v) is 0.477. The van der Waals surface area contributed by atoms with E-state index in [1.54, 1.807) is 0 Å². The summed E-state index contributed by atoms with van der Waals surface area (Å²) in [5, 5.41) is 28.4. The van der Waals surface area contributed by atoms with Gasteiger partial charge in [-0.1, -0.05) is 0 Å².